The molecule has 0 bridgehead atoms. The Labute approximate surface area is 112 Å². The first-order chi connectivity index (χ1) is 9.01. The average molecular weight is 274 g/mol. The van der Waals surface area contributed by atoms with Gasteiger partial charge in [-0.2, -0.15) is 0 Å². The SMILES string of the molecule is CCCOC(=O)CC[C@H](NC(N)=O)C(=O)OCCC. The molecule has 0 heterocycles. The third kappa shape index (κ3) is 8.87. The van der Waals surface area contributed by atoms with E-state index in [0.29, 0.717) is 13.0 Å². The van der Waals surface area contributed by atoms with Crippen molar-refractivity contribution in [1.82, 2.24) is 5.32 Å². The molecule has 0 aliphatic carbocycles. The number of carbonyl (C=O) groups is 3. The summed E-state index contributed by atoms with van der Waals surface area (Å²) in [7, 11) is 0. The molecule has 19 heavy (non-hydrogen) atoms. The van der Waals surface area contributed by atoms with Gasteiger partial charge in [0, 0.05) is 6.42 Å². The Balaban J connectivity index is 4.22. The molecule has 1 atom stereocenters. The standard InChI is InChI=1S/C12H22N2O5/c1-3-7-18-10(15)6-5-9(14-12(13)17)11(16)19-8-4-2/h9H,3-8H2,1-2H3,(H3,13,14,17)/t9-/m0/s1. The van der Waals surface area contributed by atoms with Crippen LogP contribution in [0.15, 0.2) is 0 Å². The molecule has 0 rings (SSSR count). The highest BCUT2D eigenvalue weighted by molar-refractivity contribution is 5.83. The molecule has 0 saturated carbocycles. The van der Waals surface area contributed by atoms with Crippen LogP contribution in [0.4, 0.5) is 4.79 Å². The molecule has 0 aromatic rings. The van der Waals surface area contributed by atoms with Gasteiger partial charge >= 0.3 is 18.0 Å². The maximum atomic E-state index is 11.6. The Morgan fingerprint density at radius 3 is 2.21 bits per heavy atom. The third-order valence-corrected chi connectivity index (χ3v) is 2.15. The van der Waals surface area contributed by atoms with Gasteiger partial charge in [0.15, 0.2) is 0 Å². The molecular formula is C12H22N2O5. The van der Waals surface area contributed by atoms with E-state index in [1.165, 1.54) is 0 Å². The minimum Gasteiger partial charge on any atom is -0.466 e. The fourth-order valence-electron chi connectivity index (χ4n) is 1.27. The smallest absolute Gasteiger partial charge is 0.328 e. The Morgan fingerprint density at radius 2 is 1.68 bits per heavy atom. The number of urea groups is 1. The van der Waals surface area contributed by atoms with Crippen molar-refractivity contribution < 1.29 is 23.9 Å². The van der Waals surface area contributed by atoms with Gasteiger partial charge in [-0.05, 0) is 19.3 Å². The van der Waals surface area contributed by atoms with E-state index in [9.17, 15) is 14.4 Å². The number of hydrogen-bond acceptors (Lipinski definition) is 5. The van der Waals surface area contributed by atoms with E-state index in [1.807, 2.05) is 13.8 Å². The van der Waals surface area contributed by atoms with Gasteiger partial charge in [-0.25, -0.2) is 9.59 Å². The summed E-state index contributed by atoms with van der Waals surface area (Å²) < 4.78 is 9.78. The van der Waals surface area contributed by atoms with E-state index >= 15 is 0 Å². The van der Waals surface area contributed by atoms with E-state index in [2.05, 4.69) is 5.32 Å². The average Bonchev–Trinajstić information content (AvgIpc) is 2.37. The molecule has 0 aromatic heterocycles. The number of hydrogen-bond donors (Lipinski definition) is 2. The maximum Gasteiger partial charge on any atom is 0.328 e. The van der Waals surface area contributed by atoms with Crippen LogP contribution >= 0.6 is 0 Å². The zero-order valence-electron chi connectivity index (χ0n) is 11.4. The van der Waals surface area contributed by atoms with Crippen LogP contribution in [0.2, 0.25) is 0 Å². The van der Waals surface area contributed by atoms with Crippen LogP contribution in [0, 0.1) is 0 Å². The molecule has 0 saturated heterocycles. The topological polar surface area (TPSA) is 108 Å². The number of primary amides is 1. The van der Waals surface area contributed by atoms with Gasteiger partial charge in [0.1, 0.15) is 6.04 Å². The van der Waals surface area contributed by atoms with Gasteiger partial charge < -0.3 is 20.5 Å². The van der Waals surface area contributed by atoms with Crippen molar-refractivity contribution in [2.75, 3.05) is 13.2 Å². The van der Waals surface area contributed by atoms with E-state index in [1.54, 1.807) is 0 Å². The second-order valence-corrected chi connectivity index (χ2v) is 3.99. The maximum absolute atomic E-state index is 11.6. The van der Waals surface area contributed by atoms with Crippen LogP contribution < -0.4 is 11.1 Å². The first-order valence-corrected chi connectivity index (χ1v) is 6.39. The number of ether oxygens (including phenoxy) is 2. The van der Waals surface area contributed by atoms with Gasteiger partial charge in [-0.1, -0.05) is 13.8 Å². The van der Waals surface area contributed by atoms with Crippen LogP contribution in [0.25, 0.3) is 0 Å². The summed E-state index contributed by atoms with van der Waals surface area (Å²) in [5.74, 6) is -1.01. The quantitative estimate of drug-likeness (QED) is 0.602. The van der Waals surface area contributed by atoms with Crippen molar-refractivity contribution in [3.63, 3.8) is 0 Å². The first-order valence-electron chi connectivity index (χ1n) is 6.39. The second kappa shape index (κ2) is 10.2. The first kappa shape index (κ1) is 17.2. The van der Waals surface area contributed by atoms with Gasteiger partial charge in [0.05, 0.1) is 13.2 Å². The summed E-state index contributed by atoms with van der Waals surface area (Å²) >= 11 is 0. The van der Waals surface area contributed by atoms with Gasteiger partial charge in [-0.15, -0.1) is 0 Å². The fraction of sp³-hybridized carbons (Fsp3) is 0.750. The molecule has 2 amide bonds. The number of carbonyl (C=O) groups excluding carboxylic acids is 3. The van der Waals surface area contributed by atoms with Crippen molar-refractivity contribution in [3.05, 3.63) is 0 Å². The normalized spacial score (nSPS) is 11.5. The number of amides is 2. The molecule has 0 unspecified atom stereocenters. The van der Waals surface area contributed by atoms with Gasteiger partial charge in [-0.3, -0.25) is 4.79 Å². The lowest BCUT2D eigenvalue weighted by Crippen LogP contribution is -2.44. The summed E-state index contributed by atoms with van der Waals surface area (Å²) in [4.78, 5) is 33.7. The molecule has 7 nitrogen and oxygen atoms in total. The summed E-state index contributed by atoms with van der Waals surface area (Å²) in [6, 6.07) is -1.75. The highest BCUT2D eigenvalue weighted by Gasteiger charge is 2.22. The van der Waals surface area contributed by atoms with Gasteiger partial charge in [0.25, 0.3) is 0 Å². The summed E-state index contributed by atoms with van der Waals surface area (Å²) in [5.41, 5.74) is 4.97. The highest BCUT2D eigenvalue weighted by Crippen LogP contribution is 2.03. The molecule has 7 heteroatoms. The molecule has 110 valence electrons. The van der Waals surface area contributed by atoms with E-state index in [4.69, 9.17) is 15.2 Å². The van der Waals surface area contributed by atoms with Crippen LogP contribution in [0.5, 0.6) is 0 Å². The summed E-state index contributed by atoms with van der Waals surface area (Å²) in [6.45, 7) is 4.34. The molecule has 3 N–H and O–H groups in total. The van der Waals surface area contributed by atoms with Crippen LogP contribution in [-0.4, -0.2) is 37.2 Å². The molecule has 0 aliphatic rings. The van der Waals surface area contributed by atoms with Crippen LogP contribution in [-0.2, 0) is 19.1 Å². The Morgan fingerprint density at radius 1 is 1.11 bits per heavy atom. The minimum atomic E-state index is -0.918. The lowest BCUT2D eigenvalue weighted by Gasteiger charge is -2.15. The predicted molar refractivity (Wildman–Crippen MR) is 68.2 cm³/mol. The second-order valence-electron chi connectivity index (χ2n) is 3.99. The predicted octanol–water partition coefficient (Wildman–Crippen LogP) is 0.710. The molecule has 0 fully saturated rings. The lowest BCUT2D eigenvalue weighted by atomic mass is 10.1. The van der Waals surface area contributed by atoms with Gasteiger partial charge in [0.2, 0.25) is 0 Å². The Bertz CT molecular complexity index is 306. The number of nitrogens with one attached hydrogen (secondary N) is 1. The Kier molecular flexibility index (Phi) is 9.20. The van der Waals surface area contributed by atoms with Crippen molar-refractivity contribution in [1.29, 1.82) is 0 Å². The zero-order chi connectivity index (χ0) is 14.7. The van der Waals surface area contributed by atoms with Crippen LogP contribution in [0.3, 0.4) is 0 Å². The van der Waals surface area contributed by atoms with Crippen molar-refractivity contribution >= 4 is 18.0 Å². The van der Waals surface area contributed by atoms with E-state index in [0.717, 1.165) is 6.42 Å². The fourth-order valence-corrected chi connectivity index (χ4v) is 1.27. The molecule has 0 aromatic carbocycles. The summed E-state index contributed by atoms with van der Waals surface area (Å²) in [6.07, 6.45) is 1.53. The zero-order valence-corrected chi connectivity index (χ0v) is 11.4. The number of rotatable bonds is 9. The van der Waals surface area contributed by atoms with Crippen molar-refractivity contribution in [3.8, 4) is 0 Å². The van der Waals surface area contributed by atoms with Crippen molar-refractivity contribution in [2.24, 2.45) is 5.73 Å². The minimum absolute atomic E-state index is 0.0200. The van der Waals surface area contributed by atoms with Crippen molar-refractivity contribution in [2.45, 2.75) is 45.6 Å². The monoisotopic (exact) mass is 274 g/mol. The highest BCUT2D eigenvalue weighted by atomic mass is 16.5. The number of esters is 2. The molecular weight excluding hydrogens is 252 g/mol. The van der Waals surface area contributed by atoms with E-state index < -0.39 is 24.0 Å². The summed E-state index contributed by atoms with van der Waals surface area (Å²) in [5, 5.41) is 2.26. The lowest BCUT2D eigenvalue weighted by molar-refractivity contribution is -0.147. The molecule has 0 spiro atoms. The largest absolute Gasteiger partial charge is 0.466 e. The van der Waals surface area contributed by atoms with E-state index in [-0.39, 0.29) is 19.4 Å². The Hall–Kier alpha value is -1.79. The number of nitrogens with two attached hydrogens (primary N) is 1. The molecule has 0 radical (unpaired) electrons. The van der Waals surface area contributed by atoms with Crippen LogP contribution in [0.1, 0.15) is 39.5 Å². The molecule has 0 aliphatic heterocycles. The third-order valence-electron chi connectivity index (χ3n) is 2.15.